The molecule has 0 radical (unpaired) electrons. The van der Waals surface area contributed by atoms with Gasteiger partial charge in [0.2, 0.25) is 11.9 Å². The van der Waals surface area contributed by atoms with Crippen LogP contribution < -0.4 is 10.2 Å². The number of hydrogen-bond acceptors (Lipinski definition) is 5. The number of piperidine rings is 1. The van der Waals surface area contributed by atoms with E-state index in [2.05, 4.69) is 27.1 Å². The first-order chi connectivity index (χ1) is 11.6. The third-order valence-corrected chi connectivity index (χ3v) is 4.53. The predicted molar refractivity (Wildman–Crippen MR) is 98.4 cm³/mol. The first-order valence-electron chi connectivity index (χ1n) is 9.22. The van der Waals surface area contributed by atoms with E-state index in [9.17, 15) is 4.79 Å². The molecule has 0 spiro atoms. The molecule has 0 saturated carbocycles. The molecule has 6 heteroatoms. The molecular formula is C18H31N5O. The molecule has 0 aliphatic carbocycles. The lowest BCUT2D eigenvalue weighted by molar-refractivity contribution is -0.135. The Kier molecular flexibility index (Phi) is 6.82. The summed E-state index contributed by atoms with van der Waals surface area (Å²) < 4.78 is 0. The van der Waals surface area contributed by atoms with Gasteiger partial charge in [-0.1, -0.05) is 6.92 Å². The third kappa shape index (κ3) is 4.58. The number of anilines is 2. The summed E-state index contributed by atoms with van der Waals surface area (Å²) in [5.74, 6) is 1.93. The van der Waals surface area contributed by atoms with Gasteiger partial charge in [0.05, 0.1) is 5.92 Å². The molecule has 134 valence electrons. The Labute approximate surface area is 145 Å². The topological polar surface area (TPSA) is 61.4 Å². The highest BCUT2D eigenvalue weighted by molar-refractivity contribution is 5.79. The normalized spacial score (nSPS) is 17.7. The molecule has 1 N–H and O–H groups in total. The van der Waals surface area contributed by atoms with E-state index in [0.29, 0.717) is 6.54 Å². The molecule has 1 atom stereocenters. The minimum absolute atomic E-state index is 0.0508. The Morgan fingerprint density at radius 2 is 2.08 bits per heavy atom. The number of aryl methyl sites for hydroxylation is 1. The molecule has 1 fully saturated rings. The molecule has 2 heterocycles. The van der Waals surface area contributed by atoms with E-state index in [1.807, 2.05) is 31.7 Å². The van der Waals surface area contributed by atoms with E-state index in [1.54, 1.807) is 0 Å². The van der Waals surface area contributed by atoms with Crippen molar-refractivity contribution in [2.24, 2.45) is 5.92 Å². The van der Waals surface area contributed by atoms with Crippen LogP contribution in [0.4, 0.5) is 11.8 Å². The van der Waals surface area contributed by atoms with Crippen molar-refractivity contribution in [3.05, 3.63) is 11.8 Å². The quantitative estimate of drug-likeness (QED) is 0.831. The summed E-state index contributed by atoms with van der Waals surface area (Å²) in [7, 11) is 0. The van der Waals surface area contributed by atoms with E-state index in [0.717, 1.165) is 62.9 Å². The summed E-state index contributed by atoms with van der Waals surface area (Å²) in [6.45, 7) is 12.3. The van der Waals surface area contributed by atoms with Crippen LogP contribution in [0.5, 0.6) is 0 Å². The number of aromatic nitrogens is 2. The zero-order valence-corrected chi connectivity index (χ0v) is 15.5. The number of carbonyl (C=O) groups is 1. The third-order valence-electron chi connectivity index (χ3n) is 4.53. The van der Waals surface area contributed by atoms with Gasteiger partial charge in [-0.2, -0.15) is 4.98 Å². The molecule has 1 saturated heterocycles. The number of amides is 1. The Bertz CT molecular complexity index is 544. The molecule has 0 bridgehead atoms. The van der Waals surface area contributed by atoms with Gasteiger partial charge in [0.15, 0.2) is 0 Å². The lowest BCUT2D eigenvalue weighted by Gasteiger charge is -2.34. The van der Waals surface area contributed by atoms with Gasteiger partial charge < -0.3 is 15.1 Å². The van der Waals surface area contributed by atoms with Crippen molar-refractivity contribution in [2.75, 3.05) is 42.9 Å². The van der Waals surface area contributed by atoms with Crippen molar-refractivity contribution >= 4 is 17.7 Å². The van der Waals surface area contributed by atoms with Crippen LogP contribution in [0.3, 0.4) is 0 Å². The summed E-state index contributed by atoms with van der Waals surface area (Å²) in [5, 5.41) is 3.33. The molecule has 0 aromatic carbocycles. The van der Waals surface area contributed by atoms with Crippen molar-refractivity contribution in [3.8, 4) is 0 Å². The van der Waals surface area contributed by atoms with Gasteiger partial charge in [-0.05, 0) is 40.0 Å². The number of hydrogen-bond donors (Lipinski definition) is 1. The van der Waals surface area contributed by atoms with Gasteiger partial charge in [-0.15, -0.1) is 0 Å². The molecular weight excluding hydrogens is 302 g/mol. The fourth-order valence-electron chi connectivity index (χ4n) is 3.19. The molecule has 1 aromatic rings. The zero-order chi connectivity index (χ0) is 17.5. The van der Waals surface area contributed by atoms with E-state index in [4.69, 9.17) is 0 Å². The largest absolute Gasteiger partial charge is 0.370 e. The van der Waals surface area contributed by atoms with Crippen molar-refractivity contribution in [1.29, 1.82) is 0 Å². The maximum atomic E-state index is 12.7. The maximum Gasteiger partial charge on any atom is 0.227 e. The summed E-state index contributed by atoms with van der Waals surface area (Å²) >= 11 is 0. The second kappa shape index (κ2) is 8.85. The first-order valence-corrected chi connectivity index (χ1v) is 9.22. The van der Waals surface area contributed by atoms with Crippen LogP contribution in [0.25, 0.3) is 0 Å². The average Bonchev–Trinajstić information content (AvgIpc) is 2.60. The van der Waals surface area contributed by atoms with E-state index < -0.39 is 0 Å². The van der Waals surface area contributed by atoms with Crippen LogP contribution in [-0.4, -0.2) is 53.5 Å². The summed E-state index contributed by atoms with van der Waals surface area (Å²) in [5.41, 5.74) is 0.954. The van der Waals surface area contributed by atoms with Crippen molar-refractivity contribution in [1.82, 2.24) is 14.9 Å². The molecule has 1 aliphatic rings. The molecule has 24 heavy (non-hydrogen) atoms. The SMILES string of the molecule is CCCNc1cc(C)nc(N2CCCC(C(=O)N(CC)CC)C2)n1. The zero-order valence-electron chi connectivity index (χ0n) is 15.5. The van der Waals surface area contributed by atoms with Crippen molar-refractivity contribution in [3.63, 3.8) is 0 Å². The van der Waals surface area contributed by atoms with E-state index in [1.165, 1.54) is 0 Å². The highest BCUT2D eigenvalue weighted by Crippen LogP contribution is 2.23. The first kappa shape index (κ1) is 18.5. The van der Waals surface area contributed by atoms with Gasteiger partial charge in [0, 0.05) is 44.5 Å². The number of nitrogens with one attached hydrogen (secondary N) is 1. The second-order valence-corrected chi connectivity index (χ2v) is 6.42. The Hall–Kier alpha value is -1.85. The van der Waals surface area contributed by atoms with Crippen LogP contribution >= 0.6 is 0 Å². The lowest BCUT2D eigenvalue weighted by Crippen LogP contribution is -2.45. The number of rotatable bonds is 7. The molecule has 6 nitrogen and oxygen atoms in total. The minimum atomic E-state index is 0.0508. The van der Waals surface area contributed by atoms with E-state index >= 15 is 0 Å². The minimum Gasteiger partial charge on any atom is -0.370 e. The molecule has 1 amide bonds. The molecule has 1 unspecified atom stereocenters. The van der Waals surface area contributed by atoms with E-state index in [-0.39, 0.29) is 11.8 Å². The summed E-state index contributed by atoms with van der Waals surface area (Å²) in [6, 6.07) is 1.97. The van der Waals surface area contributed by atoms with Crippen LogP contribution in [-0.2, 0) is 4.79 Å². The Morgan fingerprint density at radius 3 is 2.75 bits per heavy atom. The smallest absolute Gasteiger partial charge is 0.227 e. The molecule has 1 aliphatic heterocycles. The Morgan fingerprint density at radius 1 is 1.33 bits per heavy atom. The highest BCUT2D eigenvalue weighted by atomic mass is 16.2. The average molecular weight is 333 g/mol. The Balaban J connectivity index is 2.11. The molecule has 1 aromatic heterocycles. The summed E-state index contributed by atoms with van der Waals surface area (Å²) in [4.78, 5) is 26.0. The lowest BCUT2D eigenvalue weighted by atomic mass is 9.96. The van der Waals surface area contributed by atoms with Crippen LogP contribution in [0.2, 0.25) is 0 Å². The van der Waals surface area contributed by atoms with Gasteiger partial charge in [0.25, 0.3) is 0 Å². The monoisotopic (exact) mass is 333 g/mol. The van der Waals surface area contributed by atoms with Gasteiger partial charge in [-0.25, -0.2) is 4.98 Å². The standard InChI is InChI=1S/C18H31N5O/c1-5-10-19-16-12-14(4)20-18(21-16)23-11-8-9-15(13-23)17(24)22(6-2)7-3/h12,15H,5-11,13H2,1-4H3,(H,19,20,21). The predicted octanol–water partition coefficient (Wildman–Crippen LogP) is 2.69. The number of nitrogens with zero attached hydrogens (tertiary/aromatic N) is 4. The fraction of sp³-hybridized carbons (Fsp3) is 0.722. The van der Waals surface area contributed by atoms with Crippen molar-refractivity contribution in [2.45, 2.75) is 47.0 Å². The van der Waals surface area contributed by atoms with Crippen molar-refractivity contribution < 1.29 is 4.79 Å². The van der Waals surface area contributed by atoms with Gasteiger partial charge in [0.1, 0.15) is 5.82 Å². The summed E-state index contributed by atoms with van der Waals surface area (Å²) in [6.07, 6.45) is 3.02. The fourth-order valence-corrected chi connectivity index (χ4v) is 3.19. The van der Waals surface area contributed by atoms with Crippen LogP contribution in [0.15, 0.2) is 6.07 Å². The molecule has 2 rings (SSSR count). The highest BCUT2D eigenvalue weighted by Gasteiger charge is 2.29. The maximum absolute atomic E-state index is 12.7. The van der Waals surface area contributed by atoms with Gasteiger partial charge in [-0.3, -0.25) is 4.79 Å². The second-order valence-electron chi connectivity index (χ2n) is 6.42. The van der Waals surface area contributed by atoms with Crippen LogP contribution in [0, 0.1) is 12.8 Å². The van der Waals surface area contributed by atoms with Crippen LogP contribution in [0.1, 0.15) is 45.7 Å². The van der Waals surface area contributed by atoms with Gasteiger partial charge >= 0.3 is 0 Å². The number of carbonyl (C=O) groups excluding carboxylic acids is 1.